The first-order chi connectivity index (χ1) is 12.6. The van der Waals surface area contributed by atoms with Crippen LogP contribution in [-0.4, -0.2) is 27.7 Å². The molecule has 26 heavy (non-hydrogen) atoms. The van der Waals surface area contributed by atoms with Crippen LogP contribution in [0.25, 0.3) is 0 Å². The molecule has 0 aliphatic carbocycles. The summed E-state index contributed by atoms with van der Waals surface area (Å²) in [4.78, 5) is 20.3. The van der Waals surface area contributed by atoms with Crippen LogP contribution in [0, 0.1) is 6.92 Å². The van der Waals surface area contributed by atoms with E-state index in [4.69, 9.17) is 15.0 Å². The van der Waals surface area contributed by atoms with Crippen molar-refractivity contribution in [1.82, 2.24) is 15.1 Å². The first-order valence-corrected chi connectivity index (χ1v) is 7.92. The summed E-state index contributed by atoms with van der Waals surface area (Å²) in [5.74, 6) is 1.41. The van der Waals surface area contributed by atoms with E-state index in [9.17, 15) is 4.79 Å². The number of rotatable bonds is 6. The molecule has 0 aliphatic rings. The lowest BCUT2D eigenvalue weighted by Gasteiger charge is -2.13. The van der Waals surface area contributed by atoms with Gasteiger partial charge in [-0.2, -0.15) is 0 Å². The summed E-state index contributed by atoms with van der Waals surface area (Å²) in [6.45, 7) is 3.81. The Morgan fingerprint density at radius 1 is 1.23 bits per heavy atom. The van der Waals surface area contributed by atoms with Crippen LogP contribution < -0.4 is 16.4 Å². The number of para-hydroxylation sites is 1. The lowest BCUT2D eigenvalue weighted by Crippen LogP contribution is -2.10. The molecule has 2 heterocycles. The van der Waals surface area contributed by atoms with E-state index >= 15 is 0 Å². The maximum Gasteiger partial charge on any atom is 0.340 e. The van der Waals surface area contributed by atoms with Gasteiger partial charge in [-0.3, -0.25) is 0 Å². The Morgan fingerprint density at radius 3 is 2.65 bits per heavy atom. The van der Waals surface area contributed by atoms with E-state index in [2.05, 4.69) is 25.8 Å². The average Bonchev–Trinajstić information content (AvgIpc) is 3.04. The summed E-state index contributed by atoms with van der Waals surface area (Å²) in [5, 5.41) is 9.85. The van der Waals surface area contributed by atoms with Crippen molar-refractivity contribution >= 4 is 34.8 Å². The molecule has 0 bridgehead atoms. The number of nitrogens with two attached hydrogens (primary N) is 1. The topological polar surface area (TPSA) is 128 Å². The van der Waals surface area contributed by atoms with E-state index in [-0.39, 0.29) is 12.3 Å². The van der Waals surface area contributed by atoms with Gasteiger partial charge in [-0.15, -0.1) is 0 Å². The van der Waals surface area contributed by atoms with Gasteiger partial charge in [0.2, 0.25) is 0 Å². The smallest absolute Gasteiger partial charge is 0.340 e. The second-order valence-electron chi connectivity index (χ2n) is 5.32. The molecule has 0 unspecified atom stereocenters. The summed E-state index contributed by atoms with van der Waals surface area (Å²) in [7, 11) is 0. The molecule has 134 valence electrons. The van der Waals surface area contributed by atoms with Crippen molar-refractivity contribution in [2.45, 2.75) is 13.8 Å². The van der Waals surface area contributed by atoms with Crippen molar-refractivity contribution in [3.63, 3.8) is 0 Å². The third-order valence-corrected chi connectivity index (χ3v) is 3.43. The third kappa shape index (κ3) is 3.72. The molecule has 0 saturated carbocycles. The van der Waals surface area contributed by atoms with Crippen molar-refractivity contribution in [3.8, 4) is 0 Å². The molecule has 0 spiro atoms. The van der Waals surface area contributed by atoms with Crippen molar-refractivity contribution in [3.05, 3.63) is 48.0 Å². The van der Waals surface area contributed by atoms with Crippen molar-refractivity contribution in [1.29, 1.82) is 0 Å². The standard InChI is InChI=1S/C17H18N6O3/c1-3-25-17(24)11-6-4-5-7-12(11)21-15-14(18)16(20-9-19-15)22-13-8-10(2)26-23-13/h4-9H,3,18H2,1-2H3,(H2,19,20,21,22,23). The van der Waals surface area contributed by atoms with E-state index < -0.39 is 5.97 Å². The lowest BCUT2D eigenvalue weighted by molar-refractivity contribution is 0.0527. The number of aryl methyl sites for hydroxylation is 1. The van der Waals surface area contributed by atoms with Gasteiger partial charge in [0.25, 0.3) is 0 Å². The number of anilines is 5. The molecule has 1 aromatic carbocycles. The molecule has 2 aromatic heterocycles. The minimum Gasteiger partial charge on any atom is -0.462 e. The highest BCUT2D eigenvalue weighted by Crippen LogP contribution is 2.29. The number of nitrogen functional groups attached to an aromatic ring is 1. The van der Waals surface area contributed by atoms with E-state index in [1.807, 2.05) is 0 Å². The number of esters is 1. The first-order valence-electron chi connectivity index (χ1n) is 7.92. The number of benzene rings is 1. The van der Waals surface area contributed by atoms with Gasteiger partial charge in [-0.1, -0.05) is 17.3 Å². The van der Waals surface area contributed by atoms with Gasteiger partial charge in [0.05, 0.1) is 17.9 Å². The molecule has 3 aromatic rings. The Kier molecular flexibility index (Phi) is 4.97. The molecule has 9 nitrogen and oxygen atoms in total. The van der Waals surface area contributed by atoms with Crippen LogP contribution in [0.2, 0.25) is 0 Å². The van der Waals surface area contributed by atoms with Gasteiger partial charge in [0.1, 0.15) is 17.8 Å². The summed E-state index contributed by atoms with van der Waals surface area (Å²) in [6, 6.07) is 8.65. The van der Waals surface area contributed by atoms with E-state index in [1.54, 1.807) is 44.2 Å². The largest absolute Gasteiger partial charge is 0.462 e. The second kappa shape index (κ2) is 7.51. The van der Waals surface area contributed by atoms with Crippen LogP contribution in [0.3, 0.4) is 0 Å². The number of carbonyl (C=O) groups excluding carboxylic acids is 1. The van der Waals surface area contributed by atoms with Crippen molar-refractivity contribution in [2.24, 2.45) is 0 Å². The maximum absolute atomic E-state index is 12.1. The molecular formula is C17H18N6O3. The number of carbonyl (C=O) groups is 1. The number of nitrogens with one attached hydrogen (secondary N) is 2. The van der Waals surface area contributed by atoms with Crippen molar-refractivity contribution < 1.29 is 14.1 Å². The number of nitrogens with zero attached hydrogens (tertiary/aromatic N) is 3. The summed E-state index contributed by atoms with van der Waals surface area (Å²) in [5.41, 5.74) is 7.33. The zero-order chi connectivity index (χ0) is 18.5. The van der Waals surface area contributed by atoms with Crippen LogP contribution in [0.1, 0.15) is 23.0 Å². The zero-order valence-electron chi connectivity index (χ0n) is 14.3. The quantitative estimate of drug-likeness (QED) is 0.572. The van der Waals surface area contributed by atoms with E-state index in [1.165, 1.54) is 6.33 Å². The maximum atomic E-state index is 12.1. The van der Waals surface area contributed by atoms with Gasteiger partial charge in [-0.05, 0) is 26.0 Å². The van der Waals surface area contributed by atoms with Gasteiger partial charge in [-0.25, -0.2) is 14.8 Å². The second-order valence-corrected chi connectivity index (χ2v) is 5.32. The molecular weight excluding hydrogens is 336 g/mol. The van der Waals surface area contributed by atoms with Gasteiger partial charge in [0.15, 0.2) is 17.5 Å². The number of hydrogen-bond acceptors (Lipinski definition) is 9. The normalized spacial score (nSPS) is 10.4. The van der Waals surface area contributed by atoms with E-state index in [0.29, 0.717) is 34.5 Å². The summed E-state index contributed by atoms with van der Waals surface area (Å²) < 4.78 is 10.1. The van der Waals surface area contributed by atoms with Crippen LogP contribution in [0.15, 0.2) is 41.2 Å². The SMILES string of the molecule is CCOC(=O)c1ccccc1Nc1ncnc(Nc2cc(C)on2)c1N. The van der Waals surface area contributed by atoms with Crippen molar-refractivity contribution in [2.75, 3.05) is 23.0 Å². The molecule has 0 radical (unpaired) electrons. The van der Waals surface area contributed by atoms with Crippen LogP contribution >= 0.6 is 0 Å². The fourth-order valence-corrected chi connectivity index (χ4v) is 2.25. The highest BCUT2D eigenvalue weighted by molar-refractivity contribution is 5.97. The molecule has 0 aliphatic heterocycles. The minimum atomic E-state index is -0.431. The van der Waals surface area contributed by atoms with E-state index in [0.717, 1.165) is 0 Å². The van der Waals surface area contributed by atoms with Gasteiger partial charge >= 0.3 is 5.97 Å². The van der Waals surface area contributed by atoms with Crippen LogP contribution in [0.5, 0.6) is 0 Å². The predicted octanol–water partition coefficient (Wildman–Crippen LogP) is 3.02. The minimum absolute atomic E-state index is 0.270. The summed E-state index contributed by atoms with van der Waals surface area (Å²) >= 11 is 0. The van der Waals surface area contributed by atoms with Crippen LogP contribution in [0.4, 0.5) is 28.8 Å². The molecule has 4 N–H and O–H groups in total. The Balaban J connectivity index is 1.87. The third-order valence-electron chi connectivity index (χ3n) is 3.43. The zero-order valence-corrected chi connectivity index (χ0v) is 14.3. The van der Waals surface area contributed by atoms with Crippen LogP contribution in [-0.2, 0) is 4.74 Å². The average molecular weight is 354 g/mol. The number of hydrogen-bond donors (Lipinski definition) is 3. The Labute approximate surface area is 149 Å². The fraction of sp³-hybridized carbons (Fsp3) is 0.176. The Morgan fingerprint density at radius 2 is 1.96 bits per heavy atom. The molecule has 3 rings (SSSR count). The molecule has 0 amide bonds. The Hall–Kier alpha value is -3.62. The first kappa shape index (κ1) is 17.2. The van der Waals surface area contributed by atoms with Gasteiger partial charge in [0, 0.05) is 6.07 Å². The molecule has 0 atom stereocenters. The highest BCUT2D eigenvalue weighted by atomic mass is 16.5. The summed E-state index contributed by atoms with van der Waals surface area (Å²) in [6.07, 6.45) is 1.35. The number of aromatic nitrogens is 3. The molecule has 9 heteroatoms. The monoisotopic (exact) mass is 354 g/mol. The fourth-order valence-electron chi connectivity index (χ4n) is 2.25. The Bertz CT molecular complexity index is 924. The number of ether oxygens (including phenoxy) is 1. The van der Waals surface area contributed by atoms with Gasteiger partial charge < -0.3 is 25.6 Å². The molecule has 0 fully saturated rings. The molecule has 0 saturated heterocycles. The highest BCUT2D eigenvalue weighted by Gasteiger charge is 2.15. The predicted molar refractivity (Wildman–Crippen MR) is 96.6 cm³/mol. The lowest BCUT2D eigenvalue weighted by atomic mass is 10.2.